The molecule has 3 rings (SSSR count). The molecule has 0 saturated heterocycles. The molecule has 0 unspecified atom stereocenters. The number of hydrogen-bond acceptors (Lipinski definition) is 3. The summed E-state index contributed by atoms with van der Waals surface area (Å²) in [6.07, 6.45) is 2.77. The first-order chi connectivity index (χ1) is 11.6. The van der Waals surface area contributed by atoms with Crippen LogP contribution in [0.15, 0.2) is 67.0 Å². The molecule has 3 nitrogen and oxygen atoms in total. The number of benzene rings is 2. The molecule has 1 aromatic heterocycles. The maximum absolute atomic E-state index is 10.6. The molecule has 3 N–H and O–H groups in total. The SMILES string of the molecule is Cc1cc([C@H](N)[C@H](O)c2ccc(-c3cccnc3)cc2)ccc1Cl. The summed E-state index contributed by atoms with van der Waals surface area (Å²) in [6.45, 7) is 1.92. The zero-order chi connectivity index (χ0) is 17.1. The third-order valence-corrected chi connectivity index (χ3v) is 4.58. The van der Waals surface area contributed by atoms with Crippen molar-refractivity contribution in [3.63, 3.8) is 0 Å². The summed E-state index contributed by atoms with van der Waals surface area (Å²) < 4.78 is 0. The molecule has 0 amide bonds. The lowest BCUT2D eigenvalue weighted by Gasteiger charge is -2.20. The third-order valence-electron chi connectivity index (χ3n) is 4.15. The molecule has 0 spiro atoms. The van der Waals surface area contributed by atoms with Crippen LogP contribution in [-0.2, 0) is 0 Å². The van der Waals surface area contributed by atoms with E-state index in [4.69, 9.17) is 17.3 Å². The molecule has 0 aliphatic carbocycles. The van der Waals surface area contributed by atoms with Gasteiger partial charge in [0.15, 0.2) is 0 Å². The summed E-state index contributed by atoms with van der Waals surface area (Å²) in [4.78, 5) is 4.12. The van der Waals surface area contributed by atoms with E-state index in [-0.39, 0.29) is 0 Å². The van der Waals surface area contributed by atoms with Gasteiger partial charge in [-0.3, -0.25) is 4.98 Å². The van der Waals surface area contributed by atoms with E-state index in [1.54, 1.807) is 6.20 Å². The Kier molecular flexibility index (Phi) is 4.95. The fourth-order valence-electron chi connectivity index (χ4n) is 2.67. The van der Waals surface area contributed by atoms with Crippen LogP contribution < -0.4 is 5.73 Å². The number of pyridine rings is 1. The minimum atomic E-state index is -0.784. The number of aliphatic hydroxyl groups is 1. The molecule has 2 aromatic carbocycles. The summed E-state index contributed by atoms with van der Waals surface area (Å²) in [7, 11) is 0. The van der Waals surface area contributed by atoms with Gasteiger partial charge >= 0.3 is 0 Å². The monoisotopic (exact) mass is 338 g/mol. The Bertz CT molecular complexity index is 819. The van der Waals surface area contributed by atoms with E-state index >= 15 is 0 Å². The molecule has 3 aromatic rings. The quantitative estimate of drug-likeness (QED) is 0.739. The summed E-state index contributed by atoms with van der Waals surface area (Å²) in [6, 6.07) is 16.7. The minimum Gasteiger partial charge on any atom is -0.386 e. The summed E-state index contributed by atoms with van der Waals surface area (Å²) in [5.74, 6) is 0. The van der Waals surface area contributed by atoms with Crippen LogP contribution in [0.1, 0.15) is 28.8 Å². The van der Waals surface area contributed by atoms with Gasteiger partial charge in [-0.25, -0.2) is 0 Å². The number of aliphatic hydroxyl groups excluding tert-OH is 1. The molecule has 2 atom stereocenters. The number of nitrogens with zero attached hydrogens (tertiary/aromatic N) is 1. The number of halogens is 1. The van der Waals surface area contributed by atoms with Crippen LogP contribution in [-0.4, -0.2) is 10.1 Å². The van der Waals surface area contributed by atoms with Gasteiger partial charge in [0.05, 0.1) is 12.1 Å². The first-order valence-electron chi connectivity index (χ1n) is 7.76. The lowest BCUT2D eigenvalue weighted by atomic mass is 9.94. The predicted molar refractivity (Wildman–Crippen MR) is 97.8 cm³/mol. The van der Waals surface area contributed by atoms with Gasteiger partial charge in [-0.2, -0.15) is 0 Å². The second kappa shape index (κ2) is 7.14. The molecular formula is C20H19ClN2O. The molecule has 4 heteroatoms. The minimum absolute atomic E-state index is 0.509. The first-order valence-corrected chi connectivity index (χ1v) is 8.14. The molecule has 1 heterocycles. The van der Waals surface area contributed by atoms with Crippen molar-refractivity contribution < 1.29 is 5.11 Å². The number of rotatable bonds is 4. The smallest absolute Gasteiger partial charge is 0.0982 e. The average Bonchev–Trinajstić information content (AvgIpc) is 2.63. The van der Waals surface area contributed by atoms with Crippen molar-refractivity contribution >= 4 is 11.6 Å². The largest absolute Gasteiger partial charge is 0.386 e. The van der Waals surface area contributed by atoms with Gasteiger partial charge in [-0.1, -0.05) is 54.1 Å². The van der Waals surface area contributed by atoms with Crippen molar-refractivity contribution in [3.05, 3.63) is 88.7 Å². The van der Waals surface area contributed by atoms with E-state index in [1.807, 2.05) is 67.7 Å². The Morgan fingerprint density at radius 2 is 1.71 bits per heavy atom. The standard InChI is InChI=1S/C20H19ClN2O/c1-13-11-16(8-9-18(13)21)19(22)20(24)15-6-4-14(5-7-15)17-3-2-10-23-12-17/h2-12,19-20,24H,22H2,1H3/t19-,20+/m0/s1. The second-order valence-electron chi connectivity index (χ2n) is 5.84. The van der Waals surface area contributed by atoms with Crippen LogP contribution in [0.25, 0.3) is 11.1 Å². The summed E-state index contributed by atoms with van der Waals surface area (Å²) >= 11 is 6.05. The number of aromatic nitrogens is 1. The van der Waals surface area contributed by atoms with E-state index in [2.05, 4.69) is 4.98 Å². The molecule has 0 aliphatic rings. The fourth-order valence-corrected chi connectivity index (χ4v) is 2.79. The fraction of sp³-hybridized carbons (Fsp3) is 0.150. The Balaban J connectivity index is 1.81. The van der Waals surface area contributed by atoms with Crippen molar-refractivity contribution in [2.75, 3.05) is 0 Å². The van der Waals surface area contributed by atoms with E-state index in [9.17, 15) is 5.11 Å². The van der Waals surface area contributed by atoms with E-state index in [1.165, 1.54) is 0 Å². The Labute approximate surface area is 146 Å². The lowest BCUT2D eigenvalue weighted by Crippen LogP contribution is -2.19. The Morgan fingerprint density at radius 3 is 2.33 bits per heavy atom. The van der Waals surface area contributed by atoms with Gasteiger partial charge in [0.25, 0.3) is 0 Å². The van der Waals surface area contributed by atoms with Crippen molar-refractivity contribution in [1.82, 2.24) is 4.98 Å². The maximum Gasteiger partial charge on any atom is 0.0982 e. The van der Waals surface area contributed by atoms with Gasteiger partial charge in [-0.15, -0.1) is 0 Å². The third kappa shape index (κ3) is 3.49. The predicted octanol–water partition coefficient (Wildman–Crippen LogP) is 4.44. The number of hydrogen-bond donors (Lipinski definition) is 2. The Morgan fingerprint density at radius 1 is 1.00 bits per heavy atom. The van der Waals surface area contributed by atoms with Crippen LogP contribution in [0.4, 0.5) is 0 Å². The highest BCUT2D eigenvalue weighted by molar-refractivity contribution is 6.31. The molecule has 0 saturated carbocycles. The van der Waals surface area contributed by atoms with E-state index in [0.29, 0.717) is 5.02 Å². The van der Waals surface area contributed by atoms with Crippen molar-refractivity contribution in [2.24, 2.45) is 5.73 Å². The maximum atomic E-state index is 10.6. The molecule has 0 radical (unpaired) electrons. The number of aryl methyl sites for hydroxylation is 1. The summed E-state index contributed by atoms with van der Waals surface area (Å²) in [5.41, 5.74) is 10.9. The highest BCUT2D eigenvalue weighted by Gasteiger charge is 2.19. The van der Waals surface area contributed by atoms with Crippen LogP contribution in [0, 0.1) is 6.92 Å². The average molecular weight is 339 g/mol. The highest BCUT2D eigenvalue weighted by Crippen LogP contribution is 2.30. The zero-order valence-corrected chi connectivity index (χ0v) is 14.1. The van der Waals surface area contributed by atoms with Gasteiger partial charge in [0, 0.05) is 17.4 Å². The Hall–Kier alpha value is -2.20. The lowest BCUT2D eigenvalue weighted by molar-refractivity contribution is 0.147. The van der Waals surface area contributed by atoms with Gasteiger partial charge in [0.2, 0.25) is 0 Å². The molecule has 24 heavy (non-hydrogen) atoms. The van der Waals surface area contributed by atoms with Crippen molar-refractivity contribution in [3.8, 4) is 11.1 Å². The van der Waals surface area contributed by atoms with Gasteiger partial charge in [0.1, 0.15) is 0 Å². The van der Waals surface area contributed by atoms with Crippen LogP contribution in [0.3, 0.4) is 0 Å². The van der Waals surface area contributed by atoms with E-state index in [0.717, 1.165) is 27.8 Å². The highest BCUT2D eigenvalue weighted by atomic mass is 35.5. The molecule has 0 bridgehead atoms. The zero-order valence-electron chi connectivity index (χ0n) is 13.4. The molecule has 0 aliphatic heterocycles. The van der Waals surface area contributed by atoms with Crippen LogP contribution >= 0.6 is 11.6 Å². The van der Waals surface area contributed by atoms with Crippen LogP contribution in [0.2, 0.25) is 5.02 Å². The van der Waals surface area contributed by atoms with Crippen molar-refractivity contribution in [2.45, 2.75) is 19.1 Å². The topological polar surface area (TPSA) is 59.1 Å². The number of nitrogens with two attached hydrogens (primary N) is 1. The molecule has 0 fully saturated rings. The summed E-state index contributed by atoms with van der Waals surface area (Å²) in [5, 5.41) is 11.3. The second-order valence-corrected chi connectivity index (χ2v) is 6.25. The van der Waals surface area contributed by atoms with Crippen molar-refractivity contribution in [1.29, 1.82) is 0 Å². The first kappa shape index (κ1) is 16.7. The van der Waals surface area contributed by atoms with Crippen LogP contribution in [0.5, 0.6) is 0 Å². The normalized spacial score (nSPS) is 13.5. The molecule has 122 valence electrons. The van der Waals surface area contributed by atoms with Gasteiger partial charge < -0.3 is 10.8 Å². The van der Waals surface area contributed by atoms with Gasteiger partial charge in [-0.05, 0) is 46.9 Å². The van der Waals surface area contributed by atoms with E-state index < -0.39 is 12.1 Å². The molecular weight excluding hydrogens is 320 g/mol.